The van der Waals surface area contributed by atoms with Crippen molar-refractivity contribution in [1.29, 1.82) is 0 Å². The molecule has 0 aromatic rings. The summed E-state index contributed by atoms with van der Waals surface area (Å²) >= 11 is 0. The molecular weight excluding hydrogens is 306 g/mol. The lowest BCUT2D eigenvalue weighted by molar-refractivity contribution is 0.374. The molecule has 0 radical (unpaired) electrons. The second-order valence-electron chi connectivity index (χ2n) is 1.55. The Kier molecular flexibility index (Phi) is 10.5. The highest BCUT2D eigenvalue weighted by Crippen LogP contribution is 2.43. The molecule has 0 aliphatic carbocycles. The van der Waals surface area contributed by atoms with Crippen LogP contribution in [0.5, 0.6) is 0 Å². The van der Waals surface area contributed by atoms with Gasteiger partial charge in [-0.2, -0.15) is 8.42 Å². The van der Waals surface area contributed by atoms with Crippen molar-refractivity contribution < 1.29 is 48.7 Å². The standard InChI is InChI=1S/C2H4O3S.2F2HO2P/c1-2-6(3,4)5;2*1-5(2,3)4/h2H,1H2,(H,3,4,5);2*(H,3,4). The van der Waals surface area contributed by atoms with E-state index in [0.29, 0.717) is 5.41 Å². The zero-order valence-electron chi connectivity index (χ0n) is 7.07. The topological polar surface area (TPSA) is 129 Å². The lowest BCUT2D eigenvalue weighted by Crippen LogP contribution is -1.86. The van der Waals surface area contributed by atoms with Crippen molar-refractivity contribution in [3.8, 4) is 0 Å². The first-order chi connectivity index (χ1) is 6.56. The van der Waals surface area contributed by atoms with Gasteiger partial charge in [0.15, 0.2) is 0 Å². The zero-order chi connectivity index (χ0) is 14.2. The summed E-state index contributed by atoms with van der Waals surface area (Å²) in [5, 5.41) is 0.465. The van der Waals surface area contributed by atoms with Crippen LogP contribution in [-0.4, -0.2) is 22.8 Å². The third-order valence-corrected chi connectivity index (χ3v) is 0.632. The number of halogens is 4. The second kappa shape index (κ2) is 7.93. The van der Waals surface area contributed by atoms with Gasteiger partial charge in [0.2, 0.25) is 0 Å². The highest BCUT2D eigenvalue weighted by atomic mass is 32.2. The molecule has 0 bridgehead atoms. The van der Waals surface area contributed by atoms with Crippen molar-refractivity contribution >= 4 is 26.1 Å². The van der Waals surface area contributed by atoms with Crippen molar-refractivity contribution in [2.24, 2.45) is 0 Å². The summed E-state index contributed by atoms with van der Waals surface area (Å²) in [6.45, 7) is 2.79. The Morgan fingerprint density at radius 3 is 1.06 bits per heavy atom. The maximum absolute atomic E-state index is 10.1. The summed E-state index contributed by atoms with van der Waals surface area (Å²) < 4.78 is 84.0. The zero-order valence-corrected chi connectivity index (χ0v) is 9.68. The average Bonchev–Trinajstić information content (AvgIpc) is 1.77. The van der Waals surface area contributed by atoms with Crippen LogP contribution in [-0.2, 0) is 19.2 Å². The van der Waals surface area contributed by atoms with Gasteiger partial charge in [0.25, 0.3) is 10.1 Å². The first kappa shape index (κ1) is 21.1. The highest BCUT2D eigenvalue weighted by molar-refractivity contribution is 7.88. The van der Waals surface area contributed by atoms with Gasteiger partial charge in [-0.3, -0.25) is 14.3 Å². The molecular formula is C2H6F4O7P2S. The molecule has 0 saturated carbocycles. The molecule has 7 nitrogen and oxygen atoms in total. The van der Waals surface area contributed by atoms with Crippen LogP contribution in [0, 0.1) is 0 Å². The van der Waals surface area contributed by atoms with Crippen LogP contribution in [0.3, 0.4) is 0 Å². The van der Waals surface area contributed by atoms with E-state index in [-0.39, 0.29) is 0 Å². The van der Waals surface area contributed by atoms with Gasteiger partial charge in [-0.05, 0) is 0 Å². The van der Waals surface area contributed by atoms with E-state index in [2.05, 4.69) is 6.58 Å². The van der Waals surface area contributed by atoms with E-state index in [1.54, 1.807) is 0 Å². The normalized spacial score (nSPS) is 11.4. The first-order valence-electron chi connectivity index (χ1n) is 2.60. The summed E-state index contributed by atoms with van der Waals surface area (Å²) in [5.74, 6) is 0. The van der Waals surface area contributed by atoms with Crippen LogP contribution >= 0.6 is 16.0 Å². The summed E-state index contributed by atoms with van der Waals surface area (Å²) in [4.78, 5) is 13.5. The van der Waals surface area contributed by atoms with Crippen LogP contribution < -0.4 is 0 Å². The van der Waals surface area contributed by atoms with E-state index >= 15 is 0 Å². The van der Waals surface area contributed by atoms with Gasteiger partial charge in [-0.15, -0.1) is 16.8 Å². The monoisotopic (exact) mass is 312 g/mol. The van der Waals surface area contributed by atoms with E-state index in [9.17, 15) is 25.2 Å². The van der Waals surface area contributed by atoms with Crippen molar-refractivity contribution in [1.82, 2.24) is 0 Å². The molecule has 0 heterocycles. The van der Waals surface area contributed by atoms with E-state index < -0.39 is 26.1 Å². The Morgan fingerprint density at radius 1 is 1.00 bits per heavy atom. The molecule has 14 heteroatoms. The lowest BCUT2D eigenvalue weighted by Gasteiger charge is -1.73. The molecule has 0 saturated heterocycles. The van der Waals surface area contributed by atoms with E-state index in [1.807, 2.05) is 0 Å². The van der Waals surface area contributed by atoms with Gasteiger partial charge in [-0.1, -0.05) is 6.58 Å². The van der Waals surface area contributed by atoms with Crippen LogP contribution in [0.15, 0.2) is 12.0 Å². The Morgan fingerprint density at radius 2 is 1.06 bits per heavy atom. The summed E-state index contributed by atoms with van der Waals surface area (Å²) in [5.41, 5.74) is 0. The lowest BCUT2D eigenvalue weighted by atomic mass is 11.3. The van der Waals surface area contributed by atoms with E-state index in [4.69, 9.17) is 23.5 Å². The fraction of sp³-hybridized carbons (Fsp3) is 0. The third-order valence-electron chi connectivity index (χ3n) is 0.211. The molecule has 100 valence electrons. The van der Waals surface area contributed by atoms with Crippen LogP contribution in [0.1, 0.15) is 0 Å². The minimum absolute atomic E-state index is 0.465. The highest BCUT2D eigenvalue weighted by Gasteiger charge is 2.09. The Bertz CT molecular complexity index is 331. The maximum atomic E-state index is 10.1. The maximum Gasteiger partial charge on any atom is 0.549 e. The summed E-state index contributed by atoms with van der Waals surface area (Å²) in [6.07, 6.45) is 0. The molecule has 0 aromatic carbocycles. The van der Waals surface area contributed by atoms with Crippen molar-refractivity contribution in [2.45, 2.75) is 0 Å². The molecule has 0 aliphatic rings. The SMILES string of the molecule is C=CS(=O)(=O)O.O=P(O)(F)F.O=P(O)(F)F. The molecule has 0 fully saturated rings. The van der Waals surface area contributed by atoms with Crippen LogP contribution in [0.4, 0.5) is 16.8 Å². The minimum Gasteiger partial charge on any atom is -0.296 e. The van der Waals surface area contributed by atoms with Gasteiger partial charge >= 0.3 is 16.0 Å². The molecule has 3 N–H and O–H groups in total. The molecule has 0 atom stereocenters. The molecule has 0 aromatic heterocycles. The fourth-order valence-electron chi connectivity index (χ4n) is 0. The Labute approximate surface area is 87.5 Å². The molecule has 0 aliphatic heterocycles. The van der Waals surface area contributed by atoms with Crippen molar-refractivity contribution in [2.75, 3.05) is 0 Å². The fourth-order valence-corrected chi connectivity index (χ4v) is 0. The summed E-state index contributed by atoms with van der Waals surface area (Å²) in [6, 6.07) is 0. The Hall–Kier alpha value is -0.250. The number of hydrogen-bond acceptors (Lipinski definition) is 4. The van der Waals surface area contributed by atoms with Gasteiger partial charge in [-0.25, -0.2) is 9.13 Å². The minimum atomic E-state index is -5.64. The van der Waals surface area contributed by atoms with Gasteiger partial charge < -0.3 is 0 Å². The number of rotatable bonds is 1. The van der Waals surface area contributed by atoms with Crippen LogP contribution in [0.25, 0.3) is 0 Å². The molecule has 16 heavy (non-hydrogen) atoms. The quantitative estimate of drug-likeness (QED) is 0.384. The Balaban J connectivity index is -0.000000160. The molecule has 0 spiro atoms. The van der Waals surface area contributed by atoms with Gasteiger partial charge in [0.05, 0.1) is 5.41 Å². The second-order valence-corrected chi connectivity index (χ2v) is 4.65. The van der Waals surface area contributed by atoms with Gasteiger partial charge in [0.1, 0.15) is 0 Å². The third kappa shape index (κ3) is 296. The van der Waals surface area contributed by atoms with E-state index in [0.717, 1.165) is 0 Å². The van der Waals surface area contributed by atoms with Crippen LogP contribution in [0.2, 0.25) is 0 Å². The predicted molar refractivity (Wildman–Crippen MR) is 45.8 cm³/mol. The molecule has 0 rings (SSSR count). The predicted octanol–water partition coefficient (Wildman–Crippen LogP) is 2.07. The van der Waals surface area contributed by atoms with E-state index in [1.165, 1.54) is 0 Å². The first-order valence-corrected chi connectivity index (χ1v) is 6.99. The largest absolute Gasteiger partial charge is 0.549 e. The average molecular weight is 312 g/mol. The smallest absolute Gasteiger partial charge is 0.296 e. The molecule has 0 amide bonds. The molecule has 0 unspecified atom stereocenters. The van der Waals surface area contributed by atoms with Crippen molar-refractivity contribution in [3.05, 3.63) is 12.0 Å². The summed E-state index contributed by atoms with van der Waals surface area (Å²) in [7, 11) is -15.2. The number of hydrogen-bond donors (Lipinski definition) is 3. The van der Waals surface area contributed by atoms with Gasteiger partial charge in [0, 0.05) is 0 Å². The van der Waals surface area contributed by atoms with Crippen molar-refractivity contribution in [3.63, 3.8) is 0 Å².